The maximum Gasteiger partial charge on any atom is 0.0726 e. The molecule has 0 bridgehead atoms. The van der Waals surface area contributed by atoms with Gasteiger partial charge < -0.3 is 19.6 Å². The summed E-state index contributed by atoms with van der Waals surface area (Å²) in [5.41, 5.74) is 43.3. The van der Waals surface area contributed by atoms with Gasteiger partial charge in [0.25, 0.3) is 0 Å². The van der Waals surface area contributed by atoms with E-state index in [0.29, 0.717) is 0 Å². The maximum atomic E-state index is 2.57. The lowest BCUT2D eigenvalue weighted by atomic mass is 9.69. The minimum Gasteiger partial charge on any atom is -0.311 e. The first kappa shape index (κ1) is 80.5. The number of nitrogens with zero attached hydrogens (tertiary/aromatic N) is 4. The van der Waals surface area contributed by atoms with E-state index in [4.69, 9.17) is 0 Å². The van der Waals surface area contributed by atoms with E-state index >= 15 is 0 Å². The molecule has 16 aromatic rings. The summed E-state index contributed by atoms with van der Waals surface area (Å²) in [5, 5.41) is 0. The van der Waals surface area contributed by atoms with Crippen LogP contribution in [0.4, 0.5) is 68.2 Å². The van der Waals surface area contributed by atoms with Crippen LogP contribution >= 0.6 is 0 Å². The molecule has 22 rings (SSSR count). The molecule has 4 heteroatoms. The summed E-state index contributed by atoms with van der Waals surface area (Å²) >= 11 is 0. The molecule has 129 heavy (non-hydrogen) atoms. The molecule has 0 aromatic heterocycles. The Labute approximate surface area is 762 Å². The van der Waals surface area contributed by atoms with Gasteiger partial charge in [-0.15, -0.1) is 0 Å². The molecule has 0 amide bonds. The highest BCUT2D eigenvalue weighted by Gasteiger charge is 2.52. The zero-order chi connectivity index (χ0) is 85.8. The Hall–Kier alpha value is -14.3. The standard InChI is InChI=1S/C125H108N4/c1-9-25-89(26-10-1)81-93-41-61-109(62-42-93)126(105-33-17-5-18-34-105)113-69-49-97(50-70-113)101-57-77-117-118-78-58-102(98-51-71-114(72-52-98)127(106-35-19-6-20-36-106)110-63-43-94(44-64-110)82-90-27-11-2-12-28-90)86-122(118)125(121(117)85-101)123-87-103(99-53-73-115(74-54-99)128(107-37-21-7-22-38-107)111-65-45-95(46-66-111)83-91-29-13-3-14-30-91)59-79-119(123)120-80-60-104(88-124(120)125)100-55-75-116(76-56-100)129(108-39-23-8-24-40-108)112-67-47-96(48-68-112)84-92-31-15-4-16-32-92/h5-8,17-24,33-88H,1-4,9-16,25-32H2. The highest BCUT2D eigenvalue weighted by Crippen LogP contribution is 2.65. The van der Waals surface area contributed by atoms with E-state index < -0.39 is 5.41 Å². The minimum atomic E-state index is -0.800. The van der Waals surface area contributed by atoms with Crippen molar-refractivity contribution in [2.24, 2.45) is 0 Å². The second-order valence-corrected chi connectivity index (χ2v) is 36.5. The molecule has 6 aliphatic rings. The van der Waals surface area contributed by atoms with Crippen molar-refractivity contribution in [3.63, 3.8) is 0 Å². The van der Waals surface area contributed by atoms with Crippen LogP contribution in [-0.2, 0) is 5.41 Å². The van der Waals surface area contributed by atoms with Crippen LogP contribution in [0.3, 0.4) is 0 Å². The van der Waals surface area contributed by atoms with Gasteiger partial charge in [-0.3, -0.25) is 0 Å². The Bertz CT molecular complexity index is 5960. The average molecular weight is 1670 g/mol. The molecular weight excluding hydrogens is 1560 g/mol. The van der Waals surface area contributed by atoms with Gasteiger partial charge in [-0.1, -0.05) is 291 Å². The van der Waals surface area contributed by atoms with E-state index in [0.717, 1.165) is 90.5 Å². The minimum absolute atomic E-state index is 0.800. The number of anilines is 12. The van der Waals surface area contributed by atoms with E-state index in [1.54, 1.807) is 22.3 Å². The number of allylic oxidation sites excluding steroid dienone is 4. The first-order valence-electron chi connectivity index (χ1n) is 47.5. The van der Waals surface area contributed by atoms with Crippen LogP contribution in [0.15, 0.2) is 411 Å². The summed E-state index contributed by atoms with van der Waals surface area (Å²) in [4.78, 5) is 9.61. The van der Waals surface area contributed by atoms with Crippen molar-refractivity contribution in [3.8, 4) is 66.8 Å². The largest absolute Gasteiger partial charge is 0.311 e. The van der Waals surface area contributed by atoms with Gasteiger partial charge in [-0.2, -0.15) is 0 Å². The fraction of sp³-hybridized carbons (Fsp3) is 0.168. The predicted molar refractivity (Wildman–Crippen MR) is 547 cm³/mol. The first-order valence-corrected chi connectivity index (χ1v) is 47.5. The van der Waals surface area contributed by atoms with E-state index in [2.05, 4.69) is 432 Å². The van der Waals surface area contributed by atoms with Crippen molar-refractivity contribution in [2.75, 3.05) is 19.6 Å². The van der Waals surface area contributed by atoms with E-state index in [-0.39, 0.29) is 0 Å². The number of rotatable bonds is 20. The molecule has 0 radical (unpaired) electrons. The van der Waals surface area contributed by atoms with E-state index in [9.17, 15) is 0 Å². The van der Waals surface area contributed by atoms with Gasteiger partial charge >= 0.3 is 0 Å². The second-order valence-electron chi connectivity index (χ2n) is 36.5. The van der Waals surface area contributed by atoms with Gasteiger partial charge in [-0.05, 0) is 384 Å². The Balaban J connectivity index is 0.692. The van der Waals surface area contributed by atoms with Crippen molar-refractivity contribution in [3.05, 3.63) is 455 Å². The molecule has 6 aliphatic carbocycles. The highest BCUT2D eigenvalue weighted by molar-refractivity contribution is 6.00. The molecular formula is C125H108N4. The molecule has 4 fully saturated rings. The second kappa shape index (κ2) is 36.2. The molecule has 0 heterocycles. The van der Waals surface area contributed by atoms with Crippen molar-refractivity contribution in [1.29, 1.82) is 0 Å². The number of para-hydroxylation sites is 4. The lowest BCUT2D eigenvalue weighted by Crippen LogP contribution is -2.26. The maximum absolute atomic E-state index is 2.57. The molecule has 4 saturated carbocycles. The lowest BCUT2D eigenvalue weighted by molar-refractivity contribution is 0.602. The van der Waals surface area contributed by atoms with Crippen molar-refractivity contribution in [1.82, 2.24) is 0 Å². The smallest absolute Gasteiger partial charge is 0.0726 e. The molecule has 0 unspecified atom stereocenters. The van der Waals surface area contributed by atoms with Crippen molar-refractivity contribution in [2.45, 2.75) is 134 Å². The summed E-state index contributed by atoms with van der Waals surface area (Å²) in [5.74, 6) is 0. The molecule has 16 aromatic carbocycles. The lowest BCUT2D eigenvalue weighted by Gasteiger charge is -2.32. The van der Waals surface area contributed by atoms with Gasteiger partial charge in [0.2, 0.25) is 0 Å². The third-order valence-electron chi connectivity index (χ3n) is 28.2. The van der Waals surface area contributed by atoms with Crippen LogP contribution in [0.2, 0.25) is 0 Å². The quantitative estimate of drug-likeness (QED) is 0.0754. The van der Waals surface area contributed by atoms with Gasteiger partial charge in [-0.25, -0.2) is 0 Å². The van der Waals surface area contributed by atoms with E-state index in [1.165, 1.54) is 217 Å². The topological polar surface area (TPSA) is 13.0 Å². The average Bonchev–Trinajstić information content (AvgIpc) is 1.50. The highest BCUT2D eigenvalue weighted by atomic mass is 15.2. The summed E-state index contributed by atoms with van der Waals surface area (Å²) in [6.45, 7) is 0. The van der Waals surface area contributed by atoms with Gasteiger partial charge in [0.1, 0.15) is 0 Å². The van der Waals surface area contributed by atoms with Crippen LogP contribution in [0.5, 0.6) is 0 Å². The Kier molecular flexibility index (Phi) is 22.6. The molecule has 0 atom stereocenters. The van der Waals surface area contributed by atoms with Crippen molar-refractivity contribution >= 4 is 92.6 Å². The van der Waals surface area contributed by atoms with Gasteiger partial charge in [0.05, 0.1) is 5.41 Å². The van der Waals surface area contributed by atoms with E-state index in [1.807, 2.05) is 0 Å². The van der Waals surface area contributed by atoms with Crippen LogP contribution in [0, 0.1) is 0 Å². The molecule has 0 N–H and O–H groups in total. The zero-order valence-electron chi connectivity index (χ0n) is 73.7. The summed E-state index contributed by atoms with van der Waals surface area (Å²) in [6, 6.07) is 147. The van der Waals surface area contributed by atoms with Gasteiger partial charge in [0.15, 0.2) is 0 Å². The summed E-state index contributed by atoms with van der Waals surface area (Å²) in [6.07, 6.45) is 35.0. The van der Waals surface area contributed by atoms with Gasteiger partial charge in [0, 0.05) is 68.2 Å². The van der Waals surface area contributed by atoms with Crippen LogP contribution in [0.25, 0.3) is 91.1 Å². The monoisotopic (exact) mass is 1660 g/mol. The Morgan fingerprint density at radius 2 is 0.318 bits per heavy atom. The number of benzene rings is 16. The third-order valence-corrected chi connectivity index (χ3v) is 28.2. The fourth-order valence-corrected chi connectivity index (χ4v) is 21.7. The van der Waals surface area contributed by atoms with Crippen LogP contribution in [0.1, 0.15) is 173 Å². The normalized spacial score (nSPS) is 14.8. The third kappa shape index (κ3) is 16.4. The first-order chi connectivity index (χ1) is 63.9. The predicted octanol–water partition coefficient (Wildman–Crippen LogP) is 36.0. The molecule has 4 nitrogen and oxygen atoms in total. The number of fused-ring (bicyclic) bond motifs is 10. The van der Waals surface area contributed by atoms with Crippen LogP contribution in [-0.4, -0.2) is 0 Å². The number of hydrogen-bond donors (Lipinski definition) is 0. The number of hydrogen-bond acceptors (Lipinski definition) is 4. The Morgan fingerprint density at radius 1 is 0.155 bits per heavy atom. The fourth-order valence-electron chi connectivity index (χ4n) is 21.7. The van der Waals surface area contributed by atoms with Crippen LogP contribution < -0.4 is 19.6 Å². The molecule has 628 valence electrons. The Morgan fingerprint density at radius 3 is 0.504 bits per heavy atom. The zero-order valence-corrected chi connectivity index (χ0v) is 73.7. The summed E-state index contributed by atoms with van der Waals surface area (Å²) < 4.78 is 0. The molecule has 1 spiro atoms. The van der Waals surface area contributed by atoms with Crippen molar-refractivity contribution < 1.29 is 0 Å². The summed E-state index contributed by atoms with van der Waals surface area (Å²) in [7, 11) is 0. The molecule has 0 saturated heterocycles. The SMILES string of the molecule is C(=C1CCCCC1)c1ccc(N(c2ccccc2)c2ccc(-c3ccc4c(c3)C3(c5cc(-c6ccc(N(c7ccccc7)c7ccc(C=C8CCCCC8)cc7)cc6)ccc5-4)c4cc(-c5ccc(N(c6ccccc6)c6ccc(C=C7CCCCC7)cc6)cc5)ccc4-c4ccc(-c5ccc(N(c6ccccc6)c6ccc(C=C7CCCCC7)cc6)cc5)cc43)cc2)cc1. The molecule has 0 aliphatic heterocycles.